The quantitative estimate of drug-likeness (QED) is 0.559. The SMILES string of the molecule is COc1ccccc1CNC(=O)COC(=O)Cn1nnc(-c2ccc(Cl)cc2)n1. The maximum Gasteiger partial charge on any atom is 0.330 e. The number of rotatable bonds is 8. The summed E-state index contributed by atoms with van der Waals surface area (Å²) in [7, 11) is 1.55. The van der Waals surface area contributed by atoms with Gasteiger partial charge in [-0.05, 0) is 35.5 Å². The first kappa shape index (κ1) is 20.3. The molecule has 0 radical (unpaired) electrons. The number of carbonyl (C=O) groups is 2. The molecule has 1 aromatic heterocycles. The lowest BCUT2D eigenvalue weighted by Gasteiger charge is -2.09. The van der Waals surface area contributed by atoms with Gasteiger partial charge in [-0.3, -0.25) is 4.79 Å². The van der Waals surface area contributed by atoms with Crippen molar-refractivity contribution in [1.29, 1.82) is 0 Å². The van der Waals surface area contributed by atoms with E-state index in [1.807, 2.05) is 18.2 Å². The molecule has 1 amide bonds. The number of nitrogens with one attached hydrogen (secondary N) is 1. The third-order valence-corrected chi connectivity index (χ3v) is 4.11. The fourth-order valence-electron chi connectivity index (χ4n) is 2.43. The number of amides is 1. The molecule has 0 aliphatic carbocycles. The van der Waals surface area contributed by atoms with E-state index in [0.717, 1.165) is 10.4 Å². The number of esters is 1. The molecule has 0 unspecified atom stereocenters. The Hall–Kier alpha value is -3.46. The Labute approximate surface area is 171 Å². The summed E-state index contributed by atoms with van der Waals surface area (Å²) in [6, 6.07) is 14.2. The summed E-state index contributed by atoms with van der Waals surface area (Å²) in [6.45, 7) is -0.414. The van der Waals surface area contributed by atoms with Gasteiger partial charge in [0.1, 0.15) is 5.75 Å². The zero-order valence-corrected chi connectivity index (χ0v) is 16.3. The summed E-state index contributed by atoms with van der Waals surface area (Å²) in [5, 5.41) is 15.1. The number of carbonyl (C=O) groups excluding carboxylic acids is 2. The van der Waals surface area contributed by atoms with Gasteiger partial charge in [0.2, 0.25) is 5.82 Å². The summed E-state index contributed by atoms with van der Waals surface area (Å²) in [5.74, 6) is -0.0716. The highest BCUT2D eigenvalue weighted by Gasteiger charge is 2.12. The smallest absolute Gasteiger partial charge is 0.330 e. The van der Waals surface area contributed by atoms with Crippen molar-refractivity contribution in [1.82, 2.24) is 25.5 Å². The van der Waals surface area contributed by atoms with Crippen LogP contribution in [0.5, 0.6) is 5.75 Å². The van der Waals surface area contributed by atoms with E-state index in [-0.39, 0.29) is 13.1 Å². The summed E-state index contributed by atoms with van der Waals surface area (Å²) < 4.78 is 10.2. The van der Waals surface area contributed by atoms with E-state index in [2.05, 4.69) is 20.7 Å². The average Bonchev–Trinajstić information content (AvgIpc) is 3.19. The molecule has 10 heteroatoms. The van der Waals surface area contributed by atoms with Gasteiger partial charge in [-0.15, -0.1) is 10.2 Å². The summed E-state index contributed by atoms with van der Waals surface area (Å²) in [5.41, 5.74) is 1.53. The molecule has 1 N–H and O–H groups in total. The standard InChI is InChI=1S/C19H18ClN5O4/c1-28-16-5-3-2-4-14(16)10-21-17(26)12-29-18(27)11-25-23-19(22-24-25)13-6-8-15(20)9-7-13/h2-9H,10-12H2,1H3,(H,21,26). The van der Waals surface area contributed by atoms with Crippen LogP contribution in [-0.4, -0.2) is 45.8 Å². The molecule has 9 nitrogen and oxygen atoms in total. The van der Waals surface area contributed by atoms with Crippen LogP contribution in [0.15, 0.2) is 48.5 Å². The highest BCUT2D eigenvalue weighted by molar-refractivity contribution is 6.30. The van der Waals surface area contributed by atoms with E-state index < -0.39 is 18.5 Å². The molecule has 0 bridgehead atoms. The lowest BCUT2D eigenvalue weighted by molar-refractivity contribution is -0.149. The Morgan fingerprint density at radius 3 is 2.66 bits per heavy atom. The van der Waals surface area contributed by atoms with Crippen molar-refractivity contribution in [3.8, 4) is 17.1 Å². The van der Waals surface area contributed by atoms with E-state index in [1.54, 1.807) is 37.4 Å². The molecule has 150 valence electrons. The number of para-hydroxylation sites is 1. The van der Waals surface area contributed by atoms with E-state index in [1.165, 1.54) is 0 Å². The van der Waals surface area contributed by atoms with Gasteiger partial charge in [-0.1, -0.05) is 29.8 Å². The summed E-state index contributed by atoms with van der Waals surface area (Å²) >= 11 is 5.84. The summed E-state index contributed by atoms with van der Waals surface area (Å²) in [4.78, 5) is 24.9. The molecule has 29 heavy (non-hydrogen) atoms. The largest absolute Gasteiger partial charge is 0.496 e. The van der Waals surface area contributed by atoms with Gasteiger partial charge in [0, 0.05) is 22.7 Å². The van der Waals surface area contributed by atoms with Crippen LogP contribution in [0.1, 0.15) is 5.56 Å². The van der Waals surface area contributed by atoms with E-state index >= 15 is 0 Å². The van der Waals surface area contributed by atoms with E-state index in [0.29, 0.717) is 22.2 Å². The second-order valence-electron chi connectivity index (χ2n) is 5.90. The minimum atomic E-state index is -0.655. The Bertz CT molecular complexity index is 990. The van der Waals surface area contributed by atoms with Gasteiger partial charge in [-0.25, -0.2) is 4.79 Å². The van der Waals surface area contributed by atoms with Crippen molar-refractivity contribution in [2.75, 3.05) is 13.7 Å². The second-order valence-corrected chi connectivity index (χ2v) is 6.34. The molecule has 0 spiro atoms. The molecule has 0 aliphatic rings. The molecule has 0 saturated carbocycles. The highest BCUT2D eigenvalue weighted by Crippen LogP contribution is 2.17. The summed E-state index contributed by atoms with van der Waals surface area (Å²) in [6.07, 6.45) is 0. The number of halogens is 1. The van der Waals surface area contributed by atoms with Crippen molar-refractivity contribution in [3.05, 3.63) is 59.1 Å². The van der Waals surface area contributed by atoms with Crippen molar-refractivity contribution < 1.29 is 19.1 Å². The van der Waals surface area contributed by atoms with Crippen LogP contribution in [0.2, 0.25) is 5.02 Å². The van der Waals surface area contributed by atoms with Crippen LogP contribution in [0.3, 0.4) is 0 Å². The minimum absolute atomic E-state index is 0.259. The van der Waals surface area contributed by atoms with Crippen LogP contribution in [0.25, 0.3) is 11.4 Å². The number of nitrogens with zero attached hydrogens (tertiary/aromatic N) is 4. The lowest BCUT2D eigenvalue weighted by atomic mass is 10.2. The molecule has 3 aromatic rings. The van der Waals surface area contributed by atoms with Crippen LogP contribution < -0.4 is 10.1 Å². The topological polar surface area (TPSA) is 108 Å². The molecule has 0 fully saturated rings. The lowest BCUT2D eigenvalue weighted by Crippen LogP contribution is -2.29. The molecule has 0 atom stereocenters. The molecular weight excluding hydrogens is 398 g/mol. The average molecular weight is 416 g/mol. The first-order valence-corrected chi connectivity index (χ1v) is 9.01. The Balaban J connectivity index is 1.45. The minimum Gasteiger partial charge on any atom is -0.496 e. The predicted octanol–water partition coefficient (Wildman–Crippen LogP) is 1.86. The normalized spacial score (nSPS) is 10.4. The van der Waals surface area contributed by atoms with Gasteiger partial charge < -0.3 is 14.8 Å². The fraction of sp³-hybridized carbons (Fsp3) is 0.211. The number of benzene rings is 2. The zero-order valence-electron chi connectivity index (χ0n) is 15.5. The molecule has 0 saturated heterocycles. The molecule has 2 aromatic carbocycles. The number of tetrazole rings is 1. The third kappa shape index (κ3) is 5.76. The van der Waals surface area contributed by atoms with Crippen LogP contribution in [-0.2, 0) is 27.4 Å². The third-order valence-electron chi connectivity index (χ3n) is 3.86. The number of ether oxygens (including phenoxy) is 2. The molecule has 3 rings (SSSR count). The Kier molecular flexibility index (Phi) is 6.75. The molecule has 0 aliphatic heterocycles. The predicted molar refractivity (Wildman–Crippen MR) is 104 cm³/mol. The first-order valence-electron chi connectivity index (χ1n) is 8.63. The van der Waals surface area contributed by atoms with E-state index in [9.17, 15) is 9.59 Å². The van der Waals surface area contributed by atoms with Gasteiger partial charge >= 0.3 is 5.97 Å². The van der Waals surface area contributed by atoms with Gasteiger partial charge in [0.05, 0.1) is 7.11 Å². The zero-order chi connectivity index (χ0) is 20.6. The number of hydrogen-bond acceptors (Lipinski definition) is 7. The van der Waals surface area contributed by atoms with Gasteiger partial charge in [0.25, 0.3) is 5.91 Å². The molecule has 1 heterocycles. The maximum atomic E-state index is 11.9. The molecular formula is C19H18ClN5O4. The van der Waals surface area contributed by atoms with Gasteiger partial charge in [-0.2, -0.15) is 4.80 Å². The van der Waals surface area contributed by atoms with Crippen LogP contribution >= 0.6 is 11.6 Å². The van der Waals surface area contributed by atoms with Gasteiger partial charge in [0.15, 0.2) is 13.2 Å². The van der Waals surface area contributed by atoms with Crippen molar-refractivity contribution in [2.45, 2.75) is 13.1 Å². The monoisotopic (exact) mass is 415 g/mol. The maximum absolute atomic E-state index is 11.9. The van der Waals surface area contributed by atoms with E-state index in [4.69, 9.17) is 21.1 Å². The van der Waals surface area contributed by atoms with Crippen LogP contribution in [0, 0.1) is 0 Å². The second kappa shape index (κ2) is 9.65. The number of hydrogen-bond donors (Lipinski definition) is 1. The Morgan fingerprint density at radius 2 is 1.90 bits per heavy atom. The fourth-order valence-corrected chi connectivity index (χ4v) is 2.55. The van der Waals surface area contributed by atoms with Crippen molar-refractivity contribution in [3.63, 3.8) is 0 Å². The van der Waals surface area contributed by atoms with Crippen molar-refractivity contribution in [2.24, 2.45) is 0 Å². The first-order chi connectivity index (χ1) is 14.0. The van der Waals surface area contributed by atoms with Crippen molar-refractivity contribution >= 4 is 23.5 Å². The van der Waals surface area contributed by atoms with Crippen LogP contribution in [0.4, 0.5) is 0 Å². The Morgan fingerprint density at radius 1 is 1.14 bits per heavy atom. The number of aromatic nitrogens is 4. The number of methoxy groups -OCH3 is 1. The highest BCUT2D eigenvalue weighted by atomic mass is 35.5.